The second-order valence-electron chi connectivity index (χ2n) is 4.86. The third-order valence-electron chi connectivity index (χ3n) is 3.29. The first-order valence-corrected chi connectivity index (χ1v) is 7.05. The van der Waals surface area contributed by atoms with Gasteiger partial charge >= 0.3 is 0 Å². The van der Waals surface area contributed by atoms with Gasteiger partial charge in [-0.1, -0.05) is 17.7 Å². The van der Waals surface area contributed by atoms with Gasteiger partial charge in [0.2, 0.25) is 6.79 Å². The van der Waals surface area contributed by atoms with Gasteiger partial charge in [-0.15, -0.1) is 0 Å². The zero-order valence-corrected chi connectivity index (χ0v) is 12.8. The van der Waals surface area contributed by atoms with Gasteiger partial charge in [0.25, 0.3) is 5.69 Å². The lowest BCUT2D eigenvalue weighted by molar-refractivity contribution is -0.385. The number of rotatable bonds is 4. The Morgan fingerprint density at radius 3 is 2.74 bits per heavy atom. The Labute approximate surface area is 136 Å². The molecule has 1 aliphatic rings. The van der Waals surface area contributed by atoms with Crippen molar-refractivity contribution in [3.8, 4) is 11.5 Å². The van der Waals surface area contributed by atoms with Crippen LogP contribution in [0.3, 0.4) is 0 Å². The van der Waals surface area contributed by atoms with E-state index in [1.807, 2.05) is 19.1 Å². The number of aryl methyl sites for hydroxylation is 1. The number of hydrogen-bond donors (Lipinski definition) is 1. The molecule has 8 heteroatoms. The average Bonchev–Trinajstić information content (AvgIpc) is 2.97. The third-order valence-corrected chi connectivity index (χ3v) is 3.69. The predicted octanol–water partition coefficient (Wildman–Crippen LogP) is 3.73. The lowest BCUT2D eigenvalue weighted by atomic mass is 10.1. The highest BCUT2D eigenvalue weighted by Gasteiger charge is 2.22. The van der Waals surface area contributed by atoms with Crippen LogP contribution in [0.4, 0.5) is 11.4 Å². The van der Waals surface area contributed by atoms with Crippen LogP contribution >= 0.6 is 11.6 Å². The van der Waals surface area contributed by atoms with Gasteiger partial charge in [-0.05, 0) is 30.7 Å². The molecule has 0 saturated heterocycles. The summed E-state index contributed by atoms with van der Waals surface area (Å²) in [5, 5.41) is 15.8. The number of anilines is 1. The van der Waals surface area contributed by atoms with Crippen molar-refractivity contribution in [1.82, 2.24) is 0 Å². The predicted molar refractivity (Wildman–Crippen MR) is 86.6 cm³/mol. The average molecular weight is 334 g/mol. The number of ether oxygens (including phenoxy) is 2. The van der Waals surface area contributed by atoms with Gasteiger partial charge in [-0.3, -0.25) is 15.5 Å². The van der Waals surface area contributed by atoms with Crippen LogP contribution in [-0.2, 0) is 0 Å². The number of nitrogens with one attached hydrogen (secondary N) is 1. The molecule has 0 atom stereocenters. The molecule has 0 bridgehead atoms. The second-order valence-corrected chi connectivity index (χ2v) is 5.26. The lowest BCUT2D eigenvalue weighted by Gasteiger charge is -2.03. The Morgan fingerprint density at radius 1 is 1.30 bits per heavy atom. The van der Waals surface area contributed by atoms with Crippen LogP contribution in [0.25, 0.3) is 0 Å². The van der Waals surface area contributed by atoms with Crippen LogP contribution in [0.15, 0.2) is 35.4 Å². The van der Waals surface area contributed by atoms with Crippen molar-refractivity contribution < 1.29 is 14.4 Å². The third kappa shape index (κ3) is 3.19. The van der Waals surface area contributed by atoms with E-state index in [4.69, 9.17) is 21.1 Å². The molecule has 2 aromatic rings. The van der Waals surface area contributed by atoms with Crippen LogP contribution in [0, 0.1) is 17.0 Å². The summed E-state index contributed by atoms with van der Waals surface area (Å²) in [5.41, 5.74) is 4.62. The largest absolute Gasteiger partial charge is 0.454 e. The van der Waals surface area contributed by atoms with Crippen molar-refractivity contribution >= 4 is 29.2 Å². The molecule has 118 valence electrons. The van der Waals surface area contributed by atoms with Crippen molar-refractivity contribution in [2.24, 2.45) is 5.10 Å². The maximum atomic E-state index is 11.1. The van der Waals surface area contributed by atoms with Crippen molar-refractivity contribution in [3.63, 3.8) is 0 Å². The van der Waals surface area contributed by atoms with Gasteiger partial charge in [-0.25, -0.2) is 0 Å². The summed E-state index contributed by atoms with van der Waals surface area (Å²) >= 11 is 6.03. The SMILES string of the molecule is Cc1ccc(N/N=C\c2cc3c(cc2[N+](=O)[O-])OCO3)cc1Cl. The number of benzene rings is 2. The Morgan fingerprint density at radius 2 is 2.04 bits per heavy atom. The fraction of sp³-hybridized carbons (Fsp3) is 0.133. The Bertz CT molecular complexity index is 808. The maximum absolute atomic E-state index is 11.1. The minimum absolute atomic E-state index is 0.0488. The van der Waals surface area contributed by atoms with Gasteiger partial charge in [0, 0.05) is 5.02 Å². The topological polar surface area (TPSA) is 86.0 Å². The van der Waals surface area contributed by atoms with E-state index in [0.717, 1.165) is 5.56 Å². The summed E-state index contributed by atoms with van der Waals surface area (Å²) in [4.78, 5) is 10.7. The molecule has 2 aromatic carbocycles. The molecule has 0 spiro atoms. The molecule has 1 heterocycles. The van der Waals surface area contributed by atoms with E-state index in [-0.39, 0.29) is 12.5 Å². The number of nitro benzene ring substituents is 1. The minimum atomic E-state index is -0.494. The first-order chi connectivity index (χ1) is 11.0. The Balaban J connectivity index is 1.84. The molecule has 0 saturated carbocycles. The van der Waals surface area contributed by atoms with E-state index in [1.165, 1.54) is 18.3 Å². The van der Waals surface area contributed by atoms with Crippen molar-refractivity contribution in [3.05, 3.63) is 56.6 Å². The maximum Gasteiger partial charge on any atom is 0.282 e. The number of halogens is 1. The van der Waals surface area contributed by atoms with Crippen LogP contribution in [0.5, 0.6) is 11.5 Å². The second kappa shape index (κ2) is 6.13. The van der Waals surface area contributed by atoms with E-state index in [2.05, 4.69) is 10.5 Å². The first-order valence-electron chi connectivity index (χ1n) is 6.68. The van der Waals surface area contributed by atoms with Crippen LogP contribution in [0.1, 0.15) is 11.1 Å². The van der Waals surface area contributed by atoms with E-state index in [1.54, 1.807) is 6.07 Å². The molecule has 0 unspecified atom stereocenters. The van der Waals surface area contributed by atoms with E-state index < -0.39 is 4.92 Å². The molecule has 7 nitrogen and oxygen atoms in total. The molecular weight excluding hydrogens is 322 g/mol. The van der Waals surface area contributed by atoms with Gasteiger partial charge in [0.15, 0.2) is 11.5 Å². The number of hydrazone groups is 1. The zero-order valence-electron chi connectivity index (χ0n) is 12.1. The highest BCUT2D eigenvalue weighted by Crippen LogP contribution is 2.37. The van der Waals surface area contributed by atoms with E-state index in [0.29, 0.717) is 27.8 Å². The Kier molecular flexibility index (Phi) is 4.03. The highest BCUT2D eigenvalue weighted by molar-refractivity contribution is 6.31. The van der Waals surface area contributed by atoms with Gasteiger partial charge in [0.1, 0.15) is 0 Å². The quantitative estimate of drug-likeness (QED) is 0.523. The fourth-order valence-electron chi connectivity index (χ4n) is 2.05. The number of nitrogens with zero attached hydrogens (tertiary/aromatic N) is 2. The van der Waals surface area contributed by atoms with E-state index >= 15 is 0 Å². The highest BCUT2D eigenvalue weighted by atomic mass is 35.5. The normalized spacial score (nSPS) is 12.6. The van der Waals surface area contributed by atoms with Gasteiger partial charge < -0.3 is 9.47 Å². The zero-order chi connectivity index (χ0) is 16.4. The van der Waals surface area contributed by atoms with Gasteiger partial charge in [0.05, 0.1) is 28.5 Å². The molecule has 0 radical (unpaired) electrons. The van der Waals surface area contributed by atoms with Crippen LogP contribution in [0.2, 0.25) is 5.02 Å². The molecule has 0 aromatic heterocycles. The smallest absolute Gasteiger partial charge is 0.282 e. The number of nitro groups is 1. The summed E-state index contributed by atoms with van der Waals surface area (Å²) in [6, 6.07) is 8.23. The van der Waals surface area contributed by atoms with E-state index in [9.17, 15) is 10.1 Å². The van der Waals surface area contributed by atoms with Gasteiger partial charge in [-0.2, -0.15) is 5.10 Å². The summed E-state index contributed by atoms with van der Waals surface area (Å²) < 4.78 is 10.4. The monoisotopic (exact) mass is 333 g/mol. The standard InChI is InChI=1S/C15H12ClN3O4/c1-9-2-3-11(5-12(9)16)18-17-7-10-4-14-15(23-8-22-14)6-13(10)19(20)21/h2-7,18H,8H2,1H3/b17-7-. The van der Waals surface area contributed by atoms with Crippen molar-refractivity contribution in [2.75, 3.05) is 12.2 Å². The summed E-state index contributed by atoms with van der Waals surface area (Å²) in [7, 11) is 0. The molecule has 0 aliphatic carbocycles. The molecule has 0 fully saturated rings. The summed E-state index contributed by atoms with van der Waals surface area (Å²) in [6.45, 7) is 1.94. The van der Waals surface area contributed by atoms with Crippen molar-refractivity contribution in [2.45, 2.75) is 6.92 Å². The lowest BCUT2D eigenvalue weighted by Crippen LogP contribution is -1.97. The number of fused-ring (bicyclic) bond motifs is 1. The molecule has 3 rings (SSSR count). The van der Waals surface area contributed by atoms with Crippen LogP contribution in [-0.4, -0.2) is 17.9 Å². The molecular formula is C15H12ClN3O4. The number of hydrogen-bond acceptors (Lipinski definition) is 6. The Hall–Kier alpha value is -2.80. The molecule has 1 aliphatic heterocycles. The summed E-state index contributed by atoms with van der Waals surface area (Å²) in [6.07, 6.45) is 1.36. The van der Waals surface area contributed by atoms with Crippen LogP contribution < -0.4 is 14.9 Å². The molecule has 23 heavy (non-hydrogen) atoms. The minimum Gasteiger partial charge on any atom is -0.454 e. The molecule has 1 N–H and O–H groups in total. The first kappa shape index (κ1) is 15.1. The molecule has 0 amide bonds. The van der Waals surface area contributed by atoms with Crippen molar-refractivity contribution in [1.29, 1.82) is 0 Å². The fourth-order valence-corrected chi connectivity index (χ4v) is 2.23. The summed E-state index contributed by atoms with van der Waals surface area (Å²) in [5.74, 6) is 0.808.